The lowest BCUT2D eigenvalue weighted by Crippen LogP contribution is -2.32. The van der Waals surface area contributed by atoms with Gasteiger partial charge in [0, 0.05) is 44.3 Å². The summed E-state index contributed by atoms with van der Waals surface area (Å²) in [7, 11) is -7.98. The summed E-state index contributed by atoms with van der Waals surface area (Å²) in [6.45, 7) is 5.11. The summed E-state index contributed by atoms with van der Waals surface area (Å²) in [4.78, 5) is 12.2. The summed E-state index contributed by atoms with van der Waals surface area (Å²) in [5.41, 5.74) is 2.64. The van der Waals surface area contributed by atoms with Crippen molar-refractivity contribution in [2.45, 2.75) is 55.9 Å². The molecule has 0 saturated carbocycles. The molecule has 0 radical (unpaired) electrons. The number of amides is 1. The molecule has 1 N–H and O–H groups in total. The normalized spacial score (nSPS) is 18.1. The fraction of sp³-hybridized carbons (Fsp3) is 0.500. The van der Waals surface area contributed by atoms with Crippen LogP contribution in [0.5, 0.6) is 0 Å². The quantitative estimate of drug-likeness (QED) is 0.635. The zero-order chi connectivity index (χ0) is 23.8. The second kappa shape index (κ2) is 9.21. The Morgan fingerprint density at radius 2 is 1.33 bits per heavy atom. The number of sulfonamides is 2. The van der Waals surface area contributed by atoms with Crippen molar-refractivity contribution in [3.63, 3.8) is 0 Å². The van der Waals surface area contributed by atoms with Crippen LogP contribution in [0.2, 0.25) is 0 Å². The number of carbonyl (C=O) groups is 1. The minimum Gasteiger partial charge on any atom is -0.342 e. The van der Waals surface area contributed by atoms with Crippen molar-refractivity contribution in [1.82, 2.24) is 13.2 Å². The highest BCUT2D eigenvalue weighted by Crippen LogP contribution is 2.31. The third-order valence-electron chi connectivity index (χ3n) is 6.16. The average Bonchev–Trinajstić information content (AvgIpc) is 3.52. The Balaban J connectivity index is 1.66. The smallest absolute Gasteiger partial charge is 0.245 e. The zero-order valence-corrected chi connectivity index (χ0v) is 20.6. The molecule has 3 heterocycles. The van der Waals surface area contributed by atoms with Crippen LogP contribution in [0.4, 0.5) is 5.69 Å². The summed E-state index contributed by atoms with van der Waals surface area (Å²) in [6.07, 6.45) is 5.52. The fourth-order valence-electron chi connectivity index (χ4n) is 4.39. The predicted octanol–water partition coefficient (Wildman–Crippen LogP) is 2.31. The molecule has 1 amide bonds. The van der Waals surface area contributed by atoms with E-state index in [-0.39, 0.29) is 22.2 Å². The minimum atomic E-state index is -3.99. The highest BCUT2D eigenvalue weighted by Gasteiger charge is 2.38. The molecule has 2 aromatic rings. The van der Waals surface area contributed by atoms with Crippen molar-refractivity contribution in [3.8, 4) is 0 Å². The first-order valence-electron chi connectivity index (χ1n) is 11.2. The molecule has 1 aromatic carbocycles. The van der Waals surface area contributed by atoms with Gasteiger partial charge in [-0.15, -0.1) is 0 Å². The molecule has 4 rings (SSSR count). The number of hydrogen-bond acceptors (Lipinski definition) is 5. The maximum absolute atomic E-state index is 13.3. The van der Waals surface area contributed by atoms with Crippen LogP contribution in [0.25, 0.3) is 0 Å². The van der Waals surface area contributed by atoms with Gasteiger partial charge >= 0.3 is 0 Å². The number of aromatic nitrogens is 1. The second-order valence-corrected chi connectivity index (χ2v) is 12.6. The van der Waals surface area contributed by atoms with Crippen LogP contribution < -0.4 is 5.32 Å². The van der Waals surface area contributed by atoms with Gasteiger partial charge in [-0.3, -0.25) is 4.79 Å². The van der Waals surface area contributed by atoms with Crippen molar-refractivity contribution in [1.29, 1.82) is 0 Å². The number of anilines is 1. The average molecular weight is 495 g/mol. The lowest BCUT2D eigenvalue weighted by atomic mass is 10.1. The Hall–Kier alpha value is -2.21. The molecule has 0 atom stereocenters. The van der Waals surface area contributed by atoms with Gasteiger partial charge in [0.25, 0.3) is 0 Å². The summed E-state index contributed by atoms with van der Waals surface area (Å²) in [5, 5.41) is 2.82. The lowest BCUT2D eigenvalue weighted by Gasteiger charge is -2.18. The van der Waals surface area contributed by atoms with E-state index in [4.69, 9.17) is 0 Å². The molecular weight excluding hydrogens is 464 g/mol. The van der Waals surface area contributed by atoms with Crippen LogP contribution in [-0.2, 0) is 31.4 Å². The van der Waals surface area contributed by atoms with Crippen LogP contribution >= 0.6 is 0 Å². The first-order chi connectivity index (χ1) is 15.6. The number of carbonyl (C=O) groups excluding carboxylic acids is 1. The van der Waals surface area contributed by atoms with E-state index in [1.807, 2.05) is 32.0 Å². The lowest BCUT2D eigenvalue weighted by molar-refractivity contribution is -0.116. The monoisotopic (exact) mass is 494 g/mol. The maximum atomic E-state index is 13.3. The van der Waals surface area contributed by atoms with Crippen LogP contribution in [0.15, 0.2) is 40.4 Å². The van der Waals surface area contributed by atoms with E-state index < -0.39 is 20.0 Å². The largest absolute Gasteiger partial charge is 0.342 e. The maximum Gasteiger partial charge on any atom is 0.245 e. The van der Waals surface area contributed by atoms with Crippen LogP contribution in [0.3, 0.4) is 0 Å². The molecule has 2 saturated heterocycles. The number of hydrogen-bond donors (Lipinski definition) is 1. The van der Waals surface area contributed by atoms with Gasteiger partial charge < -0.3 is 9.88 Å². The van der Waals surface area contributed by atoms with Crippen molar-refractivity contribution in [3.05, 3.63) is 41.7 Å². The minimum absolute atomic E-state index is 0.203. The van der Waals surface area contributed by atoms with E-state index in [9.17, 15) is 21.6 Å². The molecule has 9 nitrogen and oxygen atoms in total. The molecule has 2 fully saturated rings. The number of nitrogens with zero attached hydrogens (tertiary/aromatic N) is 3. The Morgan fingerprint density at radius 3 is 1.79 bits per heavy atom. The van der Waals surface area contributed by atoms with Crippen LogP contribution in [0.1, 0.15) is 36.8 Å². The molecule has 2 aliphatic heterocycles. The van der Waals surface area contributed by atoms with E-state index in [0.29, 0.717) is 31.9 Å². The van der Waals surface area contributed by atoms with Gasteiger partial charge in [-0.05, 0) is 51.2 Å². The standard InChI is InChI=1S/C22H30N4O5S2/c1-17-7-8-19(18(2)13-17)23-22(27)16-24-14-20(32(28,29)25-9-3-4-10-25)21(15-24)33(30,31)26-11-5-6-12-26/h7-8,13-15H,3-6,9-12,16H2,1-2H3,(H,23,27). The van der Waals surface area contributed by atoms with E-state index in [0.717, 1.165) is 36.8 Å². The molecule has 0 spiro atoms. The number of benzene rings is 1. The Morgan fingerprint density at radius 1 is 0.848 bits per heavy atom. The summed E-state index contributed by atoms with van der Waals surface area (Å²) < 4.78 is 57.3. The molecule has 2 aliphatic rings. The van der Waals surface area contributed by atoms with Gasteiger partial charge in [0.15, 0.2) is 0 Å². The Kier molecular flexibility index (Phi) is 6.68. The van der Waals surface area contributed by atoms with Gasteiger partial charge in [-0.25, -0.2) is 16.8 Å². The fourth-order valence-corrected chi connectivity index (χ4v) is 8.21. The summed E-state index contributed by atoms with van der Waals surface area (Å²) >= 11 is 0. The third kappa shape index (κ3) is 4.86. The molecule has 0 bridgehead atoms. The van der Waals surface area contributed by atoms with Gasteiger partial charge in [0.05, 0.1) is 0 Å². The third-order valence-corrected chi connectivity index (χ3v) is 10.1. The van der Waals surface area contributed by atoms with Crippen molar-refractivity contribution < 1.29 is 21.6 Å². The van der Waals surface area contributed by atoms with Crippen molar-refractivity contribution >= 4 is 31.6 Å². The van der Waals surface area contributed by atoms with Gasteiger partial charge in [-0.2, -0.15) is 8.61 Å². The number of aryl methyl sites for hydroxylation is 2. The number of nitrogens with one attached hydrogen (secondary N) is 1. The van der Waals surface area contributed by atoms with Gasteiger partial charge in [-0.1, -0.05) is 17.7 Å². The SMILES string of the molecule is Cc1ccc(NC(=O)Cn2cc(S(=O)(=O)N3CCCC3)c(S(=O)(=O)N3CCCC3)c2)c(C)c1. The summed E-state index contributed by atoms with van der Waals surface area (Å²) in [6, 6.07) is 5.65. The van der Waals surface area contributed by atoms with E-state index in [2.05, 4.69) is 5.32 Å². The van der Waals surface area contributed by atoms with E-state index in [1.165, 1.54) is 25.6 Å². The van der Waals surface area contributed by atoms with Gasteiger partial charge in [0.2, 0.25) is 26.0 Å². The molecule has 11 heteroatoms. The van der Waals surface area contributed by atoms with Crippen LogP contribution in [0, 0.1) is 13.8 Å². The highest BCUT2D eigenvalue weighted by molar-refractivity contribution is 7.92. The van der Waals surface area contributed by atoms with Crippen molar-refractivity contribution in [2.24, 2.45) is 0 Å². The molecule has 0 aliphatic carbocycles. The van der Waals surface area contributed by atoms with E-state index in [1.54, 1.807) is 0 Å². The molecule has 1 aromatic heterocycles. The Labute approximate surface area is 195 Å². The highest BCUT2D eigenvalue weighted by atomic mass is 32.2. The molecule has 33 heavy (non-hydrogen) atoms. The second-order valence-electron chi connectivity index (χ2n) is 8.75. The zero-order valence-electron chi connectivity index (χ0n) is 19.0. The Bertz CT molecular complexity index is 1190. The summed E-state index contributed by atoms with van der Waals surface area (Å²) in [5.74, 6) is -0.368. The van der Waals surface area contributed by atoms with Crippen molar-refractivity contribution in [2.75, 3.05) is 31.5 Å². The van der Waals surface area contributed by atoms with E-state index >= 15 is 0 Å². The first-order valence-corrected chi connectivity index (χ1v) is 14.0. The number of rotatable bonds is 7. The molecule has 0 unspecified atom stereocenters. The topological polar surface area (TPSA) is 109 Å². The predicted molar refractivity (Wildman–Crippen MR) is 125 cm³/mol. The first kappa shape index (κ1) is 23.9. The molecular formula is C22H30N4O5S2. The van der Waals surface area contributed by atoms with Crippen LogP contribution in [-0.4, -0.2) is 62.1 Å². The molecule has 180 valence electrons. The van der Waals surface area contributed by atoms with Gasteiger partial charge in [0.1, 0.15) is 16.3 Å².